The number of benzene rings is 1. The van der Waals surface area contributed by atoms with Crippen LogP contribution in [0.25, 0.3) is 0 Å². The summed E-state index contributed by atoms with van der Waals surface area (Å²) in [6.07, 6.45) is 5.24. The molecule has 1 aliphatic carbocycles. The molecular formula is C14H20ClNO3S. The number of ether oxygens (including phenoxy) is 1. The highest BCUT2D eigenvalue weighted by molar-refractivity contribution is 7.89. The van der Waals surface area contributed by atoms with E-state index in [0.29, 0.717) is 10.8 Å². The van der Waals surface area contributed by atoms with Crippen LogP contribution in [-0.2, 0) is 10.0 Å². The van der Waals surface area contributed by atoms with E-state index in [1.54, 1.807) is 13.1 Å². The molecule has 20 heavy (non-hydrogen) atoms. The van der Waals surface area contributed by atoms with Gasteiger partial charge in [-0.15, -0.1) is 0 Å². The molecule has 1 aliphatic rings. The molecular weight excluding hydrogens is 298 g/mol. The molecule has 0 unspecified atom stereocenters. The van der Waals surface area contributed by atoms with Crippen molar-refractivity contribution in [2.24, 2.45) is 0 Å². The number of methoxy groups -OCH3 is 1. The molecule has 1 fully saturated rings. The van der Waals surface area contributed by atoms with Gasteiger partial charge in [-0.3, -0.25) is 0 Å². The Morgan fingerprint density at radius 2 is 1.90 bits per heavy atom. The third kappa shape index (κ3) is 3.10. The van der Waals surface area contributed by atoms with Crippen molar-refractivity contribution in [3.8, 4) is 5.75 Å². The summed E-state index contributed by atoms with van der Waals surface area (Å²) in [7, 11) is -0.359. The van der Waals surface area contributed by atoms with E-state index in [0.717, 1.165) is 25.7 Å². The second kappa shape index (κ2) is 6.33. The van der Waals surface area contributed by atoms with Crippen LogP contribution in [0.5, 0.6) is 5.75 Å². The van der Waals surface area contributed by atoms with Crippen LogP contribution in [0, 0.1) is 0 Å². The molecule has 1 saturated carbocycles. The summed E-state index contributed by atoms with van der Waals surface area (Å²) >= 11 is 5.94. The highest BCUT2D eigenvalue weighted by atomic mass is 35.5. The number of rotatable bonds is 4. The average molecular weight is 318 g/mol. The zero-order valence-corrected chi connectivity index (χ0v) is 13.4. The first kappa shape index (κ1) is 15.6. The molecule has 0 radical (unpaired) electrons. The fraction of sp³-hybridized carbons (Fsp3) is 0.571. The fourth-order valence-corrected chi connectivity index (χ4v) is 4.23. The van der Waals surface area contributed by atoms with Crippen LogP contribution in [0.1, 0.15) is 32.1 Å². The second-order valence-corrected chi connectivity index (χ2v) is 7.51. The molecule has 0 spiro atoms. The summed E-state index contributed by atoms with van der Waals surface area (Å²) in [6, 6.07) is 4.66. The molecule has 0 bridgehead atoms. The van der Waals surface area contributed by atoms with Gasteiger partial charge in [-0.2, -0.15) is 4.31 Å². The molecule has 4 nitrogen and oxygen atoms in total. The Bertz CT molecular complexity index is 568. The maximum Gasteiger partial charge on any atom is 0.243 e. The van der Waals surface area contributed by atoms with E-state index in [1.807, 2.05) is 0 Å². The van der Waals surface area contributed by atoms with Crippen LogP contribution in [0.3, 0.4) is 0 Å². The Labute approximate surface area is 125 Å². The monoisotopic (exact) mass is 317 g/mol. The molecule has 6 heteroatoms. The molecule has 1 aromatic rings. The van der Waals surface area contributed by atoms with Crippen molar-refractivity contribution < 1.29 is 13.2 Å². The van der Waals surface area contributed by atoms with Crippen molar-refractivity contribution >= 4 is 21.6 Å². The van der Waals surface area contributed by atoms with Gasteiger partial charge < -0.3 is 4.74 Å². The predicted octanol–water partition coefficient (Wildman–Crippen LogP) is 3.30. The molecule has 2 rings (SSSR count). The van der Waals surface area contributed by atoms with Gasteiger partial charge in [0.2, 0.25) is 10.0 Å². The Hall–Kier alpha value is -0.780. The van der Waals surface area contributed by atoms with Crippen LogP contribution < -0.4 is 4.74 Å². The largest absolute Gasteiger partial charge is 0.495 e. The second-order valence-electron chi connectivity index (χ2n) is 5.11. The van der Waals surface area contributed by atoms with Gasteiger partial charge >= 0.3 is 0 Å². The van der Waals surface area contributed by atoms with Gasteiger partial charge in [-0.25, -0.2) is 8.42 Å². The zero-order chi connectivity index (χ0) is 14.8. The maximum atomic E-state index is 12.6. The Kier molecular flexibility index (Phi) is 4.94. The van der Waals surface area contributed by atoms with Crippen molar-refractivity contribution in [2.45, 2.75) is 43.0 Å². The molecule has 0 N–H and O–H groups in total. The van der Waals surface area contributed by atoms with Gasteiger partial charge in [-0.1, -0.05) is 30.9 Å². The zero-order valence-electron chi connectivity index (χ0n) is 11.8. The number of hydrogen-bond acceptors (Lipinski definition) is 3. The van der Waals surface area contributed by atoms with Gasteiger partial charge in [0.25, 0.3) is 0 Å². The standard InChI is InChI=1S/C14H20ClNO3S/c1-16(11-6-4-3-5-7-11)20(17,18)12-8-9-13(15)14(10-12)19-2/h8-11H,3-7H2,1-2H3. The molecule has 0 amide bonds. The van der Waals surface area contributed by atoms with Crippen LogP contribution in [0.15, 0.2) is 23.1 Å². The summed E-state index contributed by atoms with van der Waals surface area (Å²) in [5.74, 6) is 0.379. The third-order valence-electron chi connectivity index (χ3n) is 3.89. The minimum atomic E-state index is -3.49. The molecule has 0 atom stereocenters. The van der Waals surface area contributed by atoms with Crippen molar-refractivity contribution in [1.29, 1.82) is 0 Å². The third-order valence-corrected chi connectivity index (χ3v) is 6.11. The molecule has 0 heterocycles. The fourth-order valence-electron chi connectivity index (χ4n) is 2.61. The first-order chi connectivity index (χ1) is 9.46. The lowest BCUT2D eigenvalue weighted by Gasteiger charge is -2.30. The van der Waals surface area contributed by atoms with E-state index in [9.17, 15) is 8.42 Å². The van der Waals surface area contributed by atoms with Crippen molar-refractivity contribution in [2.75, 3.05) is 14.2 Å². The van der Waals surface area contributed by atoms with Crippen LogP contribution in [0.4, 0.5) is 0 Å². The Morgan fingerprint density at radius 3 is 2.50 bits per heavy atom. The highest BCUT2D eigenvalue weighted by Crippen LogP contribution is 2.31. The summed E-state index contributed by atoms with van der Waals surface area (Å²) in [6.45, 7) is 0. The Balaban J connectivity index is 2.29. The van der Waals surface area contributed by atoms with E-state index in [-0.39, 0.29) is 10.9 Å². The lowest BCUT2D eigenvalue weighted by atomic mass is 9.96. The molecule has 1 aromatic carbocycles. The minimum Gasteiger partial charge on any atom is -0.495 e. The van der Waals surface area contributed by atoms with Crippen molar-refractivity contribution in [3.63, 3.8) is 0 Å². The quantitative estimate of drug-likeness (QED) is 0.856. The van der Waals surface area contributed by atoms with Gasteiger partial charge in [0.05, 0.1) is 17.0 Å². The SMILES string of the molecule is COc1cc(S(=O)(=O)N(C)C2CCCCC2)ccc1Cl. The first-order valence-corrected chi connectivity index (χ1v) is 8.60. The van der Waals surface area contributed by atoms with Gasteiger partial charge in [0.1, 0.15) is 5.75 Å². The van der Waals surface area contributed by atoms with Gasteiger partial charge in [-0.05, 0) is 25.0 Å². The smallest absolute Gasteiger partial charge is 0.243 e. The van der Waals surface area contributed by atoms with Gasteiger partial charge in [0, 0.05) is 19.2 Å². The van der Waals surface area contributed by atoms with Crippen molar-refractivity contribution in [1.82, 2.24) is 4.31 Å². The van der Waals surface area contributed by atoms with E-state index in [4.69, 9.17) is 16.3 Å². The lowest BCUT2D eigenvalue weighted by molar-refractivity contribution is 0.285. The number of hydrogen-bond donors (Lipinski definition) is 0. The van der Waals surface area contributed by atoms with E-state index in [2.05, 4.69) is 0 Å². The van der Waals surface area contributed by atoms with Crippen molar-refractivity contribution in [3.05, 3.63) is 23.2 Å². The number of halogens is 1. The van der Waals surface area contributed by atoms with Crippen LogP contribution in [0.2, 0.25) is 5.02 Å². The van der Waals surface area contributed by atoms with Gasteiger partial charge in [0.15, 0.2) is 0 Å². The molecule has 0 aromatic heterocycles. The van der Waals surface area contributed by atoms with Crippen LogP contribution in [-0.4, -0.2) is 32.9 Å². The van der Waals surface area contributed by atoms with E-state index >= 15 is 0 Å². The lowest BCUT2D eigenvalue weighted by Crippen LogP contribution is -2.38. The molecule has 112 valence electrons. The van der Waals surface area contributed by atoms with E-state index in [1.165, 1.54) is 30.0 Å². The summed E-state index contributed by atoms with van der Waals surface area (Å²) < 4.78 is 31.9. The Morgan fingerprint density at radius 1 is 1.25 bits per heavy atom. The molecule has 0 saturated heterocycles. The average Bonchev–Trinajstić information content (AvgIpc) is 2.47. The van der Waals surface area contributed by atoms with E-state index < -0.39 is 10.0 Å². The molecule has 0 aliphatic heterocycles. The number of nitrogens with zero attached hydrogens (tertiary/aromatic N) is 1. The summed E-state index contributed by atoms with van der Waals surface area (Å²) in [5, 5.41) is 0.409. The first-order valence-electron chi connectivity index (χ1n) is 6.78. The summed E-state index contributed by atoms with van der Waals surface area (Å²) in [4.78, 5) is 0.229. The van der Waals surface area contributed by atoms with Crippen LogP contribution >= 0.6 is 11.6 Å². The highest BCUT2D eigenvalue weighted by Gasteiger charge is 2.29. The normalized spacial score (nSPS) is 17.4. The maximum absolute atomic E-state index is 12.6. The summed E-state index contributed by atoms with van der Waals surface area (Å²) in [5.41, 5.74) is 0. The topological polar surface area (TPSA) is 46.6 Å². The minimum absolute atomic E-state index is 0.0930. The predicted molar refractivity (Wildman–Crippen MR) is 79.8 cm³/mol. The number of sulfonamides is 1.